The summed E-state index contributed by atoms with van der Waals surface area (Å²) in [6.07, 6.45) is 0. The first-order valence-corrected chi connectivity index (χ1v) is 5.72. The average molecular weight is 266 g/mol. The molecule has 0 spiro atoms. The molecule has 1 atom stereocenters. The predicted octanol–water partition coefficient (Wildman–Crippen LogP) is 2.95. The van der Waals surface area contributed by atoms with E-state index in [-0.39, 0.29) is 10.0 Å². The van der Waals surface area contributed by atoms with Gasteiger partial charge < -0.3 is 10.4 Å². The van der Waals surface area contributed by atoms with Crippen LogP contribution in [0.25, 0.3) is 0 Å². The van der Waals surface area contributed by atoms with E-state index in [0.29, 0.717) is 18.7 Å². The maximum atomic E-state index is 13.3. The molecule has 90 valence electrons. The van der Waals surface area contributed by atoms with Crippen LogP contribution in [0.4, 0.5) is 4.39 Å². The normalized spacial score (nSPS) is 14.9. The van der Waals surface area contributed by atoms with Crippen molar-refractivity contribution in [2.24, 2.45) is 0 Å². The lowest BCUT2D eigenvalue weighted by Gasteiger charge is -2.25. The summed E-state index contributed by atoms with van der Waals surface area (Å²) in [4.78, 5) is 0. The van der Waals surface area contributed by atoms with Gasteiger partial charge in [-0.05, 0) is 25.6 Å². The number of nitrogens with one attached hydrogen (secondary N) is 1. The van der Waals surface area contributed by atoms with Gasteiger partial charge in [0.1, 0.15) is 11.4 Å². The SMILES string of the molecule is CCNCC(C)(O)c1cc(F)c(Cl)cc1Cl. The highest BCUT2D eigenvalue weighted by Gasteiger charge is 2.26. The van der Waals surface area contributed by atoms with Gasteiger partial charge in [0, 0.05) is 17.1 Å². The molecule has 0 aliphatic rings. The molecule has 1 aromatic rings. The average Bonchev–Trinajstić information content (AvgIpc) is 2.20. The Bertz CT molecular complexity index is 382. The van der Waals surface area contributed by atoms with Crippen LogP contribution in [0.15, 0.2) is 12.1 Å². The molecule has 0 amide bonds. The molecule has 1 unspecified atom stereocenters. The molecular formula is C11H14Cl2FNO. The summed E-state index contributed by atoms with van der Waals surface area (Å²) in [6, 6.07) is 2.47. The van der Waals surface area contributed by atoms with Gasteiger partial charge in [-0.1, -0.05) is 30.1 Å². The largest absolute Gasteiger partial charge is 0.384 e. The van der Waals surface area contributed by atoms with Crippen LogP contribution in [0.1, 0.15) is 19.4 Å². The second-order valence-electron chi connectivity index (χ2n) is 3.80. The Kier molecular flexibility index (Phi) is 4.56. The Morgan fingerprint density at radius 3 is 2.56 bits per heavy atom. The molecule has 1 rings (SSSR count). The molecule has 2 N–H and O–H groups in total. The Balaban J connectivity index is 3.07. The smallest absolute Gasteiger partial charge is 0.142 e. The fourth-order valence-corrected chi connectivity index (χ4v) is 1.99. The molecule has 0 aliphatic heterocycles. The van der Waals surface area contributed by atoms with E-state index >= 15 is 0 Å². The minimum Gasteiger partial charge on any atom is -0.384 e. The third-order valence-electron chi connectivity index (χ3n) is 2.31. The van der Waals surface area contributed by atoms with Crippen LogP contribution >= 0.6 is 23.2 Å². The van der Waals surface area contributed by atoms with E-state index in [1.54, 1.807) is 6.92 Å². The second kappa shape index (κ2) is 5.32. The van der Waals surface area contributed by atoms with E-state index in [0.717, 1.165) is 0 Å². The molecule has 2 nitrogen and oxygen atoms in total. The monoisotopic (exact) mass is 265 g/mol. The lowest BCUT2D eigenvalue weighted by molar-refractivity contribution is 0.0574. The number of benzene rings is 1. The van der Waals surface area contributed by atoms with Crippen LogP contribution in [0, 0.1) is 5.82 Å². The molecule has 0 radical (unpaired) electrons. The fraction of sp³-hybridized carbons (Fsp3) is 0.455. The first-order chi connectivity index (χ1) is 7.38. The van der Waals surface area contributed by atoms with Crippen molar-refractivity contribution in [1.82, 2.24) is 5.32 Å². The topological polar surface area (TPSA) is 32.3 Å². The van der Waals surface area contributed by atoms with E-state index in [1.165, 1.54) is 12.1 Å². The van der Waals surface area contributed by atoms with E-state index in [2.05, 4.69) is 5.32 Å². The maximum absolute atomic E-state index is 13.3. The second-order valence-corrected chi connectivity index (χ2v) is 4.61. The van der Waals surface area contributed by atoms with Gasteiger partial charge in [0.15, 0.2) is 0 Å². The third kappa shape index (κ3) is 3.08. The number of hydrogen-bond acceptors (Lipinski definition) is 2. The number of aliphatic hydroxyl groups is 1. The minimum absolute atomic E-state index is 0.0481. The standard InChI is InChI=1S/C11H14Cl2FNO/c1-3-15-6-11(2,16)7-4-10(14)9(13)5-8(7)12/h4-5,15-16H,3,6H2,1-2H3. The molecule has 0 heterocycles. The zero-order valence-corrected chi connectivity index (χ0v) is 10.7. The molecule has 5 heteroatoms. The van der Waals surface area contributed by atoms with Crippen LogP contribution in [-0.2, 0) is 5.60 Å². The predicted molar refractivity (Wildman–Crippen MR) is 64.5 cm³/mol. The van der Waals surface area contributed by atoms with Gasteiger partial charge in [-0.25, -0.2) is 4.39 Å². The van der Waals surface area contributed by atoms with Crippen LogP contribution in [0.2, 0.25) is 10.0 Å². The summed E-state index contributed by atoms with van der Waals surface area (Å²) in [6.45, 7) is 4.50. The third-order valence-corrected chi connectivity index (χ3v) is 2.91. The van der Waals surface area contributed by atoms with Crippen molar-refractivity contribution in [1.29, 1.82) is 0 Å². The summed E-state index contributed by atoms with van der Waals surface area (Å²) in [5.74, 6) is -0.585. The van der Waals surface area contributed by atoms with Gasteiger partial charge in [0.25, 0.3) is 0 Å². The van der Waals surface area contributed by atoms with Crippen LogP contribution in [-0.4, -0.2) is 18.2 Å². The Hall–Kier alpha value is -0.350. The lowest BCUT2D eigenvalue weighted by Crippen LogP contribution is -2.35. The molecule has 1 aromatic carbocycles. The molecule has 0 aliphatic carbocycles. The number of likely N-dealkylation sites (N-methyl/N-ethyl adjacent to an activating group) is 1. The Morgan fingerprint density at radius 2 is 2.00 bits per heavy atom. The molecule has 0 bridgehead atoms. The Morgan fingerprint density at radius 1 is 1.38 bits per heavy atom. The van der Waals surface area contributed by atoms with E-state index in [4.69, 9.17) is 23.2 Å². The van der Waals surface area contributed by atoms with E-state index in [1.807, 2.05) is 6.92 Å². The highest BCUT2D eigenvalue weighted by Crippen LogP contribution is 2.31. The van der Waals surface area contributed by atoms with Crippen molar-refractivity contribution in [3.8, 4) is 0 Å². The summed E-state index contributed by atoms with van der Waals surface area (Å²) in [5, 5.41) is 13.4. The van der Waals surface area contributed by atoms with Gasteiger partial charge >= 0.3 is 0 Å². The van der Waals surface area contributed by atoms with Crippen molar-refractivity contribution in [3.05, 3.63) is 33.6 Å². The van der Waals surface area contributed by atoms with Crippen molar-refractivity contribution in [2.45, 2.75) is 19.4 Å². The van der Waals surface area contributed by atoms with Crippen LogP contribution in [0.3, 0.4) is 0 Å². The maximum Gasteiger partial charge on any atom is 0.142 e. The summed E-state index contributed by atoms with van der Waals surface area (Å²) in [7, 11) is 0. The first kappa shape index (κ1) is 13.7. The molecule has 0 aromatic heterocycles. The van der Waals surface area contributed by atoms with Gasteiger partial charge in [0.2, 0.25) is 0 Å². The zero-order chi connectivity index (χ0) is 12.3. The van der Waals surface area contributed by atoms with Crippen molar-refractivity contribution >= 4 is 23.2 Å². The summed E-state index contributed by atoms with van der Waals surface area (Å²) >= 11 is 11.5. The molecular weight excluding hydrogens is 252 g/mol. The summed E-state index contributed by atoms with van der Waals surface area (Å²) in [5.41, 5.74) is -0.893. The highest BCUT2D eigenvalue weighted by atomic mass is 35.5. The minimum atomic E-state index is -1.22. The molecule has 16 heavy (non-hydrogen) atoms. The van der Waals surface area contributed by atoms with Crippen LogP contribution in [0.5, 0.6) is 0 Å². The first-order valence-electron chi connectivity index (χ1n) is 4.96. The molecule has 0 saturated carbocycles. The molecule has 0 fully saturated rings. The lowest BCUT2D eigenvalue weighted by atomic mass is 9.95. The van der Waals surface area contributed by atoms with Gasteiger partial charge in [-0.15, -0.1) is 0 Å². The van der Waals surface area contributed by atoms with Crippen molar-refractivity contribution in [3.63, 3.8) is 0 Å². The number of hydrogen-bond donors (Lipinski definition) is 2. The van der Waals surface area contributed by atoms with Gasteiger partial charge in [-0.3, -0.25) is 0 Å². The number of rotatable bonds is 4. The van der Waals surface area contributed by atoms with E-state index < -0.39 is 11.4 Å². The summed E-state index contributed by atoms with van der Waals surface area (Å²) < 4.78 is 13.3. The molecule has 0 saturated heterocycles. The van der Waals surface area contributed by atoms with E-state index in [9.17, 15) is 9.50 Å². The quantitative estimate of drug-likeness (QED) is 0.821. The highest BCUT2D eigenvalue weighted by molar-refractivity contribution is 6.35. The fourth-order valence-electron chi connectivity index (χ4n) is 1.40. The number of halogens is 3. The zero-order valence-electron chi connectivity index (χ0n) is 9.15. The van der Waals surface area contributed by atoms with Crippen molar-refractivity contribution < 1.29 is 9.50 Å². The van der Waals surface area contributed by atoms with Gasteiger partial charge in [0.05, 0.1) is 5.02 Å². The van der Waals surface area contributed by atoms with Crippen LogP contribution < -0.4 is 5.32 Å². The Labute approximate surface area is 104 Å². The van der Waals surface area contributed by atoms with Gasteiger partial charge in [-0.2, -0.15) is 0 Å². The van der Waals surface area contributed by atoms with Crippen molar-refractivity contribution in [2.75, 3.05) is 13.1 Å².